The van der Waals surface area contributed by atoms with Gasteiger partial charge in [-0.2, -0.15) is 0 Å². The summed E-state index contributed by atoms with van der Waals surface area (Å²) in [6.07, 6.45) is 2.35. The van der Waals surface area contributed by atoms with Gasteiger partial charge in [0, 0.05) is 21.1 Å². The number of rotatable bonds is 5. The van der Waals surface area contributed by atoms with Gasteiger partial charge in [0.25, 0.3) is 0 Å². The first-order chi connectivity index (χ1) is 7.18. The van der Waals surface area contributed by atoms with Crippen LogP contribution in [0, 0.1) is 0 Å². The van der Waals surface area contributed by atoms with E-state index < -0.39 is 0 Å². The SMILES string of the molecule is CCCC(CBr)(CBr)c1ccc(Cl)cc1. The highest BCUT2D eigenvalue weighted by Crippen LogP contribution is 2.34. The van der Waals surface area contributed by atoms with Crippen molar-refractivity contribution >= 4 is 43.5 Å². The lowest BCUT2D eigenvalue weighted by atomic mass is 9.81. The maximum absolute atomic E-state index is 5.90. The van der Waals surface area contributed by atoms with Crippen molar-refractivity contribution in [1.82, 2.24) is 0 Å². The molecule has 0 bridgehead atoms. The molecule has 0 atom stereocenters. The zero-order chi connectivity index (χ0) is 11.3. The van der Waals surface area contributed by atoms with E-state index in [-0.39, 0.29) is 5.41 Å². The largest absolute Gasteiger partial charge is 0.0918 e. The average Bonchev–Trinajstić information content (AvgIpc) is 2.27. The van der Waals surface area contributed by atoms with E-state index in [2.05, 4.69) is 50.9 Å². The van der Waals surface area contributed by atoms with E-state index >= 15 is 0 Å². The fourth-order valence-corrected chi connectivity index (χ4v) is 4.01. The lowest BCUT2D eigenvalue weighted by molar-refractivity contribution is 0.497. The fraction of sp³-hybridized carbons (Fsp3) is 0.500. The van der Waals surface area contributed by atoms with Crippen molar-refractivity contribution in [3.05, 3.63) is 34.9 Å². The van der Waals surface area contributed by atoms with E-state index in [0.29, 0.717) is 0 Å². The molecule has 0 radical (unpaired) electrons. The van der Waals surface area contributed by atoms with Crippen LogP contribution in [0.4, 0.5) is 0 Å². The fourth-order valence-electron chi connectivity index (χ4n) is 1.75. The molecule has 0 aromatic heterocycles. The molecule has 1 aromatic rings. The summed E-state index contributed by atoms with van der Waals surface area (Å²) in [4.78, 5) is 0. The van der Waals surface area contributed by atoms with Gasteiger partial charge in [-0.05, 0) is 24.1 Å². The Hall–Kier alpha value is 0.470. The van der Waals surface area contributed by atoms with Crippen LogP contribution in [-0.4, -0.2) is 10.7 Å². The average molecular weight is 355 g/mol. The maximum Gasteiger partial charge on any atom is 0.0406 e. The molecule has 0 aliphatic heterocycles. The van der Waals surface area contributed by atoms with Crippen LogP contribution in [0.5, 0.6) is 0 Å². The van der Waals surface area contributed by atoms with Crippen molar-refractivity contribution in [2.45, 2.75) is 25.2 Å². The molecule has 84 valence electrons. The van der Waals surface area contributed by atoms with Crippen LogP contribution in [0.3, 0.4) is 0 Å². The van der Waals surface area contributed by atoms with E-state index in [1.165, 1.54) is 18.4 Å². The minimum Gasteiger partial charge on any atom is -0.0918 e. The first-order valence-corrected chi connectivity index (χ1v) is 7.68. The van der Waals surface area contributed by atoms with Crippen molar-refractivity contribution in [2.24, 2.45) is 0 Å². The van der Waals surface area contributed by atoms with Crippen LogP contribution >= 0.6 is 43.5 Å². The van der Waals surface area contributed by atoms with E-state index in [9.17, 15) is 0 Å². The molecule has 1 aromatic carbocycles. The highest BCUT2D eigenvalue weighted by molar-refractivity contribution is 9.09. The van der Waals surface area contributed by atoms with Gasteiger partial charge in [0.15, 0.2) is 0 Å². The molecular formula is C12H15Br2Cl. The summed E-state index contributed by atoms with van der Waals surface area (Å²) in [5.41, 5.74) is 1.54. The van der Waals surface area contributed by atoms with Gasteiger partial charge < -0.3 is 0 Å². The molecule has 1 rings (SSSR count). The molecule has 0 saturated heterocycles. The highest BCUT2D eigenvalue weighted by Gasteiger charge is 2.28. The molecule has 0 aliphatic carbocycles. The Kier molecular flexibility index (Phi) is 5.65. The summed E-state index contributed by atoms with van der Waals surface area (Å²) in [5, 5.41) is 2.75. The Bertz CT molecular complexity index is 291. The Morgan fingerprint density at radius 1 is 1.13 bits per heavy atom. The molecule has 0 spiro atoms. The van der Waals surface area contributed by atoms with Crippen molar-refractivity contribution in [1.29, 1.82) is 0 Å². The summed E-state index contributed by atoms with van der Waals surface area (Å²) in [5.74, 6) is 0. The lowest BCUT2D eigenvalue weighted by Gasteiger charge is -2.30. The van der Waals surface area contributed by atoms with Crippen LogP contribution in [0.15, 0.2) is 24.3 Å². The third-order valence-corrected chi connectivity index (χ3v) is 5.10. The molecular weight excluding hydrogens is 339 g/mol. The smallest absolute Gasteiger partial charge is 0.0406 e. The van der Waals surface area contributed by atoms with E-state index in [0.717, 1.165) is 15.7 Å². The van der Waals surface area contributed by atoms with Gasteiger partial charge in [0.05, 0.1) is 0 Å². The zero-order valence-electron chi connectivity index (χ0n) is 8.77. The number of alkyl halides is 2. The maximum atomic E-state index is 5.90. The molecule has 0 unspecified atom stereocenters. The summed E-state index contributed by atoms with van der Waals surface area (Å²) in [6, 6.07) is 8.18. The topological polar surface area (TPSA) is 0 Å². The van der Waals surface area contributed by atoms with Gasteiger partial charge in [0.2, 0.25) is 0 Å². The van der Waals surface area contributed by atoms with Crippen molar-refractivity contribution < 1.29 is 0 Å². The quantitative estimate of drug-likeness (QED) is 0.640. The van der Waals surface area contributed by atoms with E-state index in [1.54, 1.807) is 0 Å². The molecule has 0 fully saturated rings. The number of hydrogen-bond acceptors (Lipinski definition) is 0. The standard InChI is InChI=1S/C12H15Br2Cl/c1-2-7-12(8-13,9-14)10-3-5-11(15)6-4-10/h3-6H,2,7-9H2,1H3. The van der Waals surface area contributed by atoms with Gasteiger partial charge in [-0.15, -0.1) is 0 Å². The van der Waals surface area contributed by atoms with Crippen LogP contribution in [0.2, 0.25) is 5.02 Å². The lowest BCUT2D eigenvalue weighted by Crippen LogP contribution is -2.29. The first kappa shape index (κ1) is 13.5. The van der Waals surface area contributed by atoms with Gasteiger partial charge in [-0.3, -0.25) is 0 Å². The Morgan fingerprint density at radius 2 is 1.67 bits per heavy atom. The number of benzene rings is 1. The van der Waals surface area contributed by atoms with Gasteiger partial charge >= 0.3 is 0 Å². The summed E-state index contributed by atoms with van der Waals surface area (Å²) >= 11 is 13.2. The van der Waals surface area contributed by atoms with Crippen molar-refractivity contribution in [3.63, 3.8) is 0 Å². The van der Waals surface area contributed by atoms with Crippen LogP contribution in [0.1, 0.15) is 25.3 Å². The Balaban J connectivity index is 3.02. The second-order valence-corrected chi connectivity index (χ2v) is 5.36. The van der Waals surface area contributed by atoms with Crippen LogP contribution in [-0.2, 0) is 5.41 Å². The summed E-state index contributed by atoms with van der Waals surface area (Å²) in [7, 11) is 0. The van der Waals surface area contributed by atoms with Gasteiger partial charge in [-0.1, -0.05) is 68.9 Å². The van der Waals surface area contributed by atoms with Crippen LogP contribution in [0.25, 0.3) is 0 Å². The molecule has 0 aliphatic rings. The minimum atomic E-state index is 0.194. The van der Waals surface area contributed by atoms with E-state index in [1.807, 2.05) is 12.1 Å². The Morgan fingerprint density at radius 3 is 2.07 bits per heavy atom. The Labute approximate surface area is 114 Å². The molecule has 0 heterocycles. The molecule has 0 nitrogen and oxygen atoms in total. The molecule has 3 heteroatoms. The van der Waals surface area contributed by atoms with Gasteiger partial charge in [0.1, 0.15) is 0 Å². The van der Waals surface area contributed by atoms with E-state index in [4.69, 9.17) is 11.6 Å². The van der Waals surface area contributed by atoms with Gasteiger partial charge in [-0.25, -0.2) is 0 Å². The second-order valence-electron chi connectivity index (χ2n) is 3.80. The molecule has 0 amide bonds. The monoisotopic (exact) mass is 352 g/mol. The first-order valence-electron chi connectivity index (χ1n) is 5.06. The normalized spacial score (nSPS) is 11.7. The third kappa shape index (κ3) is 3.21. The molecule has 15 heavy (non-hydrogen) atoms. The molecule has 0 saturated carbocycles. The predicted molar refractivity (Wildman–Crippen MR) is 75.6 cm³/mol. The molecule has 0 N–H and O–H groups in total. The predicted octanol–water partition coefficient (Wildman–Crippen LogP) is 5.17. The van der Waals surface area contributed by atoms with Crippen molar-refractivity contribution in [2.75, 3.05) is 10.7 Å². The second kappa shape index (κ2) is 6.27. The summed E-state index contributed by atoms with van der Waals surface area (Å²) in [6.45, 7) is 2.22. The summed E-state index contributed by atoms with van der Waals surface area (Å²) < 4.78 is 0. The zero-order valence-corrected chi connectivity index (χ0v) is 12.7. The third-order valence-electron chi connectivity index (χ3n) is 2.70. The van der Waals surface area contributed by atoms with Crippen molar-refractivity contribution in [3.8, 4) is 0 Å². The number of hydrogen-bond donors (Lipinski definition) is 0. The number of halogens is 3. The highest BCUT2D eigenvalue weighted by atomic mass is 79.9. The van der Waals surface area contributed by atoms with Crippen LogP contribution < -0.4 is 0 Å². The minimum absolute atomic E-state index is 0.194.